The quantitative estimate of drug-likeness (QED) is 0.260. The molecule has 0 unspecified atom stereocenters. The Bertz CT molecular complexity index is 1650. The second-order valence-corrected chi connectivity index (χ2v) is 8.68. The number of nitrogens with one attached hydrogen (secondary N) is 1. The first-order valence-electron chi connectivity index (χ1n) is 11.9. The van der Waals surface area contributed by atoms with Gasteiger partial charge in [-0.25, -0.2) is 18.8 Å². The number of hydrogen-bond acceptors (Lipinski definition) is 1. The van der Waals surface area contributed by atoms with Gasteiger partial charge in [-0.05, 0) is 77.4 Å². The van der Waals surface area contributed by atoms with Gasteiger partial charge in [0.05, 0.1) is 5.71 Å². The van der Waals surface area contributed by atoms with Gasteiger partial charge < -0.3 is 4.98 Å². The third-order valence-electron chi connectivity index (χ3n) is 6.23. The Kier molecular flexibility index (Phi) is 5.87. The number of H-pyrrole nitrogens is 1. The summed E-state index contributed by atoms with van der Waals surface area (Å²) in [6.07, 6.45) is 1.98. The van der Waals surface area contributed by atoms with Crippen molar-refractivity contribution in [3.8, 4) is 22.4 Å². The number of nitrogens with zero attached hydrogens (tertiary/aromatic N) is 2. The minimum Gasteiger partial charge on any atom is -0.339 e. The highest BCUT2D eigenvalue weighted by atomic mass is 19.1. The molecule has 0 saturated heterocycles. The fourth-order valence-electron chi connectivity index (χ4n) is 4.35. The molecule has 0 fully saturated rings. The van der Waals surface area contributed by atoms with Gasteiger partial charge in [-0.1, -0.05) is 60.7 Å². The van der Waals surface area contributed by atoms with E-state index in [1.807, 2.05) is 72.8 Å². The van der Waals surface area contributed by atoms with E-state index in [1.54, 1.807) is 24.3 Å². The SMILES string of the molecule is Fc1ccc(C2=N/C(=N\c3[nH]c(-c4ccc(F)cc4)cc3-c3ccccc3)C(c3ccccc3)=C2)cc1. The number of amidine groups is 1. The summed E-state index contributed by atoms with van der Waals surface area (Å²) in [5, 5.41) is 0. The normalized spacial score (nSPS) is 14.1. The minimum atomic E-state index is -0.296. The summed E-state index contributed by atoms with van der Waals surface area (Å²) in [7, 11) is 0. The lowest BCUT2D eigenvalue weighted by Gasteiger charge is -2.04. The zero-order valence-corrected chi connectivity index (χ0v) is 19.7. The molecule has 1 N–H and O–H groups in total. The van der Waals surface area contributed by atoms with Crippen LogP contribution in [0.25, 0.3) is 28.0 Å². The van der Waals surface area contributed by atoms with E-state index < -0.39 is 0 Å². The lowest BCUT2D eigenvalue weighted by molar-refractivity contribution is 0.627. The van der Waals surface area contributed by atoms with E-state index in [4.69, 9.17) is 9.98 Å². The summed E-state index contributed by atoms with van der Waals surface area (Å²) >= 11 is 0. The van der Waals surface area contributed by atoms with Crippen molar-refractivity contribution in [1.82, 2.24) is 4.98 Å². The van der Waals surface area contributed by atoms with E-state index in [0.717, 1.165) is 39.1 Å². The van der Waals surface area contributed by atoms with E-state index in [2.05, 4.69) is 4.98 Å². The van der Waals surface area contributed by atoms with E-state index >= 15 is 0 Å². The molecular formula is C32H21F2N3. The zero-order valence-electron chi connectivity index (χ0n) is 19.7. The molecule has 1 aromatic heterocycles. The van der Waals surface area contributed by atoms with Crippen LogP contribution in [0.2, 0.25) is 0 Å². The molecule has 5 heteroatoms. The van der Waals surface area contributed by atoms with Crippen molar-refractivity contribution in [2.45, 2.75) is 0 Å². The molecule has 5 aromatic rings. The summed E-state index contributed by atoms with van der Waals surface area (Å²) in [5.41, 5.74) is 6.95. The van der Waals surface area contributed by atoms with Crippen molar-refractivity contribution in [1.29, 1.82) is 0 Å². The molecule has 0 spiro atoms. The number of aromatic nitrogens is 1. The van der Waals surface area contributed by atoms with Crippen LogP contribution >= 0.6 is 0 Å². The highest BCUT2D eigenvalue weighted by Gasteiger charge is 2.21. The lowest BCUT2D eigenvalue weighted by Crippen LogP contribution is -1.96. The Balaban J connectivity index is 1.51. The van der Waals surface area contributed by atoms with Crippen molar-refractivity contribution in [2.24, 2.45) is 9.98 Å². The molecule has 3 nitrogen and oxygen atoms in total. The van der Waals surface area contributed by atoms with E-state index in [1.165, 1.54) is 24.3 Å². The molecule has 178 valence electrons. The van der Waals surface area contributed by atoms with E-state index in [9.17, 15) is 8.78 Å². The Morgan fingerprint density at radius 2 is 1.16 bits per heavy atom. The maximum Gasteiger partial charge on any atom is 0.162 e. The fourth-order valence-corrected chi connectivity index (χ4v) is 4.35. The Morgan fingerprint density at radius 3 is 1.78 bits per heavy atom. The predicted octanol–water partition coefficient (Wildman–Crippen LogP) is 8.24. The Labute approximate surface area is 213 Å². The topological polar surface area (TPSA) is 40.5 Å². The van der Waals surface area contributed by atoms with Gasteiger partial charge in [-0.2, -0.15) is 0 Å². The molecule has 0 atom stereocenters. The number of allylic oxidation sites excluding steroid dienone is 1. The van der Waals surface area contributed by atoms with E-state index in [0.29, 0.717) is 17.4 Å². The predicted molar refractivity (Wildman–Crippen MR) is 146 cm³/mol. The Morgan fingerprint density at radius 1 is 0.595 bits per heavy atom. The van der Waals surface area contributed by atoms with Gasteiger partial charge in [0.2, 0.25) is 0 Å². The first kappa shape index (κ1) is 22.6. The molecule has 2 heterocycles. The van der Waals surface area contributed by atoms with Gasteiger partial charge in [-0.3, -0.25) is 0 Å². The van der Waals surface area contributed by atoms with Crippen molar-refractivity contribution in [3.05, 3.63) is 144 Å². The molecule has 1 aliphatic heterocycles. The lowest BCUT2D eigenvalue weighted by atomic mass is 10.0. The maximum atomic E-state index is 13.6. The molecule has 1 aliphatic rings. The van der Waals surface area contributed by atoms with Crippen LogP contribution in [-0.4, -0.2) is 16.5 Å². The fraction of sp³-hybridized carbons (Fsp3) is 0. The first-order valence-corrected chi connectivity index (χ1v) is 11.9. The molecule has 0 saturated carbocycles. The largest absolute Gasteiger partial charge is 0.339 e. The highest BCUT2D eigenvalue weighted by Crippen LogP contribution is 2.36. The van der Waals surface area contributed by atoms with Gasteiger partial charge in [0.15, 0.2) is 5.84 Å². The van der Waals surface area contributed by atoms with Crippen LogP contribution in [0.4, 0.5) is 14.6 Å². The molecule has 0 radical (unpaired) electrons. The van der Waals surface area contributed by atoms with Crippen molar-refractivity contribution < 1.29 is 8.78 Å². The third kappa shape index (κ3) is 4.67. The van der Waals surface area contributed by atoms with Gasteiger partial charge in [-0.15, -0.1) is 0 Å². The highest BCUT2D eigenvalue weighted by molar-refractivity contribution is 6.38. The van der Waals surface area contributed by atoms with Crippen molar-refractivity contribution >= 4 is 22.9 Å². The molecule has 0 amide bonds. The van der Waals surface area contributed by atoms with Crippen molar-refractivity contribution in [2.75, 3.05) is 0 Å². The van der Waals surface area contributed by atoms with Gasteiger partial charge in [0.1, 0.15) is 17.5 Å². The molecule has 4 aromatic carbocycles. The van der Waals surface area contributed by atoms with Crippen LogP contribution < -0.4 is 0 Å². The van der Waals surface area contributed by atoms with Crippen molar-refractivity contribution in [3.63, 3.8) is 0 Å². The van der Waals surface area contributed by atoms with Crippen LogP contribution in [0.15, 0.2) is 131 Å². The van der Waals surface area contributed by atoms with E-state index in [-0.39, 0.29) is 11.6 Å². The van der Waals surface area contributed by atoms with Crippen LogP contribution in [-0.2, 0) is 0 Å². The molecule has 0 aliphatic carbocycles. The number of aliphatic imine (C=N–C) groups is 2. The molecular weight excluding hydrogens is 464 g/mol. The second-order valence-electron chi connectivity index (χ2n) is 8.68. The second kappa shape index (κ2) is 9.63. The summed E-state index contributed by atoms with van der Waals surface area (Å²) in [5.74, 6) is 0.614. The molecule has 0 bridgehead atoms. The molecule has 37 heavy (non-hydrogen) atoms. The summed E-state index contributed by atoms with van der Waals surface area (Å²) < 4.78 is 27.1. The monoisotopic (exact) mass is 485 g/mol. The number of rotatable bonds is 5. The zero-order chi connectivity index (χ0) is 25.2. The smallest absolute Gasteiger partial charge is 0.162 e. The summed E-state index contributed by atoms with van der Waals surface area (Å²) in [6, 6.07) is 34.6. The van der Waals surface area contributed by atoms with Crippen LogP contribution in [0.5, 0.6) is 0 Å². The minimum absolute atomic E-state index is 0.287. The number of benzene rings is 4. The average molecular weight is 486 g/mol. The van der Waals surface area contributed by atoms with Crippen LogP contribution in [0, 0.1) is 11.6 Å². The molecule has 6 rings (SSSR count). The average Bonchev–Trinajstić information content (AvgIpc) is 3.56. The van der Waals surface area contributed by atoms with Crippen LogP contribution in [0.1, 0.15) is 11.1 Å². The standard InChI is InChI=1S/C32H21F2N3/c33-25-15-11-23(12-16-25)29-19-27(21-7-3-1-4-8-21)31(35-29)37-32-28(22-9-5-2-6-10-22)20-30(36-32)24-13-17-26(34)18-14-24/h1-20,35H/b37-32-. The number of hydrogen-bond donors (Lipinski definition) is 1. The first-order chi connectivity index (χ1) is 18.1. The van der Waals surface area contributed by atoms with Crippen LogP contribution in [0.3, 0.4) is 0 Å². The summed E-state index contributed by atoms with van der Waals surface area (Å²) in [4.78, 5) is 13.3. The van der Waals surface area contributed by atoms with Gasteiger partial charge >= 0.3 is 0 Å². The Hall–Kier alpha value is -4.90. The van der Waals surface area contributed by atoms with Gasteiger partial charge in [0, 0.05) is 22.4 Å². The maximum absolute atomic E-state index is 13.6. The number of halogens is 2. The third-order valence-corrected chi connectivity index (χ3v) is 6.23. The number of aromatic amines is 1. The van der Waals surface area contributed by atoms with Gasteiger partial charge in [0.25, 0.3) is 0 Å². The summed E-state index contributed by atoms with van der Waals surface area (Å²) in [6.45, 7) is 0.